The fourth-order valence-corrected chi connectivity index (χ4v) is 4.89. The highest BCUT2D eigenvalue weighted by Gasteiger charge is 2.34. The molecule has 4 heteroatoms. The maximum Gasteiger partial charge on any atom is 0.145 e. The molecule has 39 heavy (non-hydrogen) atoms. The number of ether oxygens (including phenoxy) is 2. The van der Waals surface area contributed by atoms with Gasteiger partial charge < -0.3 is 9.47 Å². The molecule has 0 fully saturated rings. The normalized spacial score (nSPS) is 13.2. The lowest BCUT2D eigenvalue weighted by atomic mass is 9.76. The Morgan fingerprint density at radius 2 is 1.33 bits per heavy atom. The summed E-state index contributed by atoms with van der Waals surface area (Å²) in [6, 6.07) is 22.5. The molecule has 0 aliphatic carbocycles. The van der Waals surface area contributed by atoms with Crippen LogP contribution >= 0.6 is 0 Å². The zero-order valence-electron chi connectivity index (χ0n) is 25.0. The summed E-state index contributed by atoms with van der Waals surface area (Å²) in [7, 11) is 0. The molecule has 0 aromatic heterocycles. The summed E-state index contributed by atoms with van der Waals surface area (Å²) in [5, 5.41) is 20.0. The zero-order chi connectivity index (χ0) is 29.0. The summed E-state index contributed by atoms with van der Waals surface area (Å²) in [4.78, 5) is 0. The van der Waals surface area contributed by atoms with Crippen LogP contribution in [0, 0.1) is 22.7 Å². The van der Waals surface area contributed by atoms with E-state index in [2.05, 4.69) is 73.6 Å². The molecule has 0 saturated heterocycles. The lowest BCUT2D eigenvalue weighted by molar-refractivity contribution is 0.0818. The molecule has 0 radical (unpaired) electrons. The van der Waals surface area contributed by atoms with Gasteiger partial charge >= 0.3 is 0 Å². The minimum absolute atomic E-state index is 0.120. The molecule has 0 spiro atoms. The minimum atomic E-state index is -0.703. The van der Waals surface area contributed by atoms with Gasteiger partial charge in [0.1, 0.15) is 28.9 Å². The minimum Gasteiger partial charge on any atom is -0.483 e. The van der Waals surface area contributed by atoms with E-state index in [9.17, 15) is 10.5 Å². The van der Waals surface area contributed by atoms with Gasteiger partial charge in [-0.25, -0.2) is 0 Å². The van der Waals surface area contributed by atoms with Crippen molar-refractivity contribution in [3.63, 3.8) is 0 Å². The molecule has 4 nitrogen and oxygen atoms in total. The van der Waals surface area contributed by atoms with Crippen LogP contribution in [0.1, 0.15) is 109 Å². The van der Waals surface area contributed by atoms with Gasteiger partial charge in [0, 0.05) is 11.1 Å². The third-order valence-corrected chi connectivity index (χ3v) is 7.96. The monoisotopic (exact) mass is 522 g/mol. The maximum absolute atomic E-state index is 10.2. The van der Waals surface area contributed by atoms with E-state index in [4.69, 9.17) is 9.47 Å². The fourth-order valence-electron chi connectivity index (χ4n) is 4.89. The number of aryl methyl sites for hydroxylation is 1. The molecular weight excluding hydrogens is 480 g/mol. The SMILES string of the molecule is CCc1cccc(Oc2ccc(OC(C)(CC)c3cccc(C(C)(C)CC)c3C#N)cc2C(C)(C)C)c1C#N. The van der Waals surface area contributed by atoms with Crippen molar-refractivity contribution in [1.82, 2.24) is 0 Å². The standard InChI is InChI=1S/C35H42N2O2/c1-10-24-15-13-18-31(26(24)22-36)38-32-20-19-25(21-30(32)33(4,5)6)39-35(9,12-3)29-17-14-16-28(27(29)23-37)34(7,8)11-2/h13-21H,10-12H2,1-9H3. The quantitative estimate of drug-likeness (QED) is 0.281. The summed E-state index contributed by atoms with van der Waals surface area (Å²) in [5.74, 6) is 1.97. The van der Waals surface area contributed by atoms with Gasteiger partial charge in [0.05, 0.1) is 17.2 Å². The smallest absolute Gasteiger partial charge is 0.145 e. The number of hydrogen-bond acceptors (Lipinski definition) is 4. The molecule has 0 bridgehead atoms. The van der Waals surface area contributed by atoms with Crippen molar-refractivity contribution in [3.05, 3.63) is 88.0 Å². The Morgan fingerprint density at radius 3 is 1.90 bits per heavy atom. The van der Waals surface area contributed by atoms with E-state index in [1.165, 1.54) is 0 Å². The topological polar surface area (TPSA) is 66.0 Å². The van der Waals surface area contributed by atoms with E-state index in [1.54, 1.807) is 0 Å². The molecule has 1 atom stereocenters. The van der Waals surface area contributed by atoms with Crippen LogP contribution in [-0.2, 0) is 22.9 Å². The summed E-state index contributed by atoms with van der Waals surface area (Å²) in [6.07, 6.45) is 2.38. The molecule has 0 N–H and O–H groups in total. The van der Waals surface area contributed by atoms with Crippen LogP contribution in [-0.4, -0.2) is 0 Å². The van der Waals surface area contributed by atoms with Crippen molar-refractivity contribution in [1.29, 1.82) is 10.5 Å². The van der Waals surface area contributed by atoms with Gasteiger partial charge in [-0.05, 0) is 72.4 Å². The first-order chi connectivity index (χ1) is 18.3. The Kier molecular flexibility index (Phi) is 8.82. The third kappa shape index (κ3) is 6.12. The van der Waals surface area contributed by atoms with Crippen LogP contribution in [0.25, 0.3) is 0 Å². The number of benzene rings is 3. The van der Waals surface area contributed by atoms with Crippen LogP contribution in [0.3, 0.4) is 0 Å². The lowest BCUT2D eigenvalue weighted by Gasteiger charge is -2.34. The lowest BCUT2D eigenvalue weighted by Crippen LogP contribution is -2.31. The van der Waals surface area contributed by atoms with E-state index >= 15 is 0 Å². The molecule has 0 amide bonds. The molecule has 1 unspecified atom stereocenters. The van der Waals surface area contributed by atoms with Crippen molar-refractivity contribution in [2.45, 2.75) is 98.0 Å². The summed E-state index contributed by atoms with van der Waals surface area (Å²) in [6.45, 7) is 19.1. The van der Waals surface area contributed by atoms with Crippen LogP contribution < -0.4 is 9.47 Å². The molecule has 0 aliphatic heterocycles. The largest absolute Gasteiger partial charge is 0.483 e. The average Bonchev–Trinajstić information content (AvgIpc) is 2.92. The first kappa shape index (κ1) is 29.8. The van der Waals surface area contributed by atoms with Crippen molar-refractivity contribution in [3.8, 4) is 29.4 Å². The van der Waals surface area contributed by atoms with E-state index < -0.39 is 5.60 Å². The highest BCUT2D eigenvalue weighted by Crippen LogP contribution is 2.42. The molecule has 0 heterocycles. The molecule has 0 aliphatic rings. The number of rotatable bonds is 9. The highest BCUT2D eigenvalue weighted by atomic mass is 16.5. The molecule has 3 aromatic rings. The van der Waals surface area contributed by atoms with Gasteiger partial charge in [-0.1, -0.05) is 85.7 Å². The fraction of sp³-hybridized carbons (Fsp3) is 0.429. The number of nitriles is 2. The Balaban J connectivity index is 2.09. The van der Waals surface area contributed by atoms with Gasteiger partial charge in [-0.3, -0.25) is 0 Å². The molecule has 0 saturated carbocycles. The van der Waals surface area contributed by atoms with Gasteiger partial charge in [0.15, 0.2) is 0 Å². The van der Waals surface area contributed by atoms with Crippen molar-refractivity contribution >= 4 is 0 Å². The second-order valence-electron chi connectivity index (χ2n) is 12.0. The van der Waals surface area contributed by atoms with Crippen LogP contribution in [0.15, 0.2) is 54.6 Å². The van der Waals surface area contributed by atoms with E-state index in [-0.39, 0.29) is 10.8 Å². The van der Waals surface area contributed by atoms with Crippen molar-refractivity contribution in [2.75, 3.05) is 0 Å². The van der Waals surface area contributed by atoms with Crippen molar-refractivity contribution in [2.24, 2.45) is 0 Å². The molecule has 204 valence electrons. The summed E-state index contributed by atoms with van der Waals surface area (Å²) in [5.41, 5.74) is 4.10. The van der Waals surface area contributed by atoms with Gasteiger partial charge in [-0.15, -0.1) is 0 Å². The molecular formula is C35H42N2O2. The van der Waals surface area contributed by atoms with Crippen molar-refractivity contribution < 1.29 is 9.47 Å². The number of nitrogens with zero attached hydrogens (tertiary/aromatic N) is 2. The second kappa shape index (κ2) is 11.5. The summed E-state index contributed by atoms with van der Waals surface area (Å²) < 4.78 is 13.1. The first-order valence-electron chi connectivity index (χ1n) is 13.9. The number of hydrogen-bond donors (Lipinski definition) is 0. The Bertz CT molecular complexity index is 1420. The third-order valence-electron chi connectivity index (χ3n) is 7.96. The molecule has 3 rings (SSSR count). The predicted octanol–water partition coefficient (Wildman–Crippen LogP) is 9.47. The Morgan fingerprint density at radius 1 is 0.692 bits per heavy atom. The maximum atomic E-state index is 10.2. The van der Waals surface area contributed by atoms with Gasteiger partial charge in [0.25, 0.3) is 0 Å². The zero-order valence-corrected chi connectivity index (χ0v) is 25.0. The highest BCUT2D eigenvalue weighted by molar-refractivity contribution is 5.54. The van der Waals surface area contributed by atoms with Crippen LogP contribution in [0.2, 0.25) is 0 Å². The predicted molar refractivity (Wildman–Crippen MR) is 158 cm³/mol. The molecule has 3 aromatic carbocycles. The van der Waals surface area contributed by atoms with Crippen LogP contribution in [0.5, 0.6) is 17.2 Å². The van der Waals surface area contributed by atoms with E-state index in [0.29, 0.717) is 34.8 Å². The Hall–Kier alpha value is -3.76. The van der Waals surface area contributed by atoms with E-state index in [1.807, 2.05) is 55.5 Å². The first-order valence-corrected chi connectivity index (χ1v) is 13.9. The average molecular weight is 523 g/mol. The van der Waals surface area contributed by atoms with E-state index in [0.717, 1.165) is 35.1 Å². The van der Waals surface area contributed by atoms with Gasteiger partial charge in [0.2, 0.25) is 0 Å². The summed E-state index contributed by atoms with van der Waals surface area (Å²) >= 11 is 0. The second-order valence-corrected chi connectivity index (χ2v) is 12.0. The van der Waals surface area contributed by atoms with Crippen LogP contribution in [0.4, 0.5) is 0 Å². The Labute approximate surface area is 235 Å². The van der Waals surface area contributed by atoms with Gasteiger partial charge in [-0.2, -0.15) is 10.5 Å².